The molecule has 0 radical (unpaired) electrons. The summed E-state index contributed by atoms with van der Waals surface area (Å²) in [6.45, 7) is 3.14. The second-order valence-corrected chi connectivity index (χ2v) is 7.41. The van der Waals surface area contributed by atoms with E-state index in [1.807, 2.05) is 6.92 Å². The van der Waals surface area contributed by atoms with E-state index in [4.69, 9.17) is 0 Å². The predicted octanol–water partition coefficient (Wildman–Crippen LogP) is 1.17. The van der Waals surface area contributed by atoms with Gasteiger partial charge in [-0.2, -0.15) is 4.31 Å². The van der Waals surface area contributed by atoms with Crippen LogP contribution in [0.3, 0.4) is 0 Å². The standard InChI is InChI=1S/C13H20N2O3S/c1-2-14-8-13(6-12(14)9-16)19(17,18)15-7-10-3-4-11(15)5-10/h6,8,10-11,16H,2-5,7,9H2,1H3. The van der Waals surface area contributed by atoms with E-state index in [0.717, 1.165) is 19.3 Å². The molecule has 2 bridgehead atoms. The van der Waals surface area contributed by atoms with E-state index in [1.54, 1.807) is 21.1 Å². The molecule has 1 aliphatic carbocycles. The molecule has 1 aliphatic heterocycles. The van der Waals surface area contributed by atoms with Crippen molar-refractivity contribution in [2.75, 3.05) is 6.54 Å². The third kappa shape index (κ3) is 2.02. The fraction of sp³-hybridized carbons (Fsp3) is 0.692. The SMILES string of the molecule is CCn1cc(S(=O)(=O)N2CC3CCC2C3)cc1CO. The highest BCUT2D eigenvalue weighted by molar-refractivity contribution is 7.89. The van der Waals surface area contributed by atoms with E-state index in [-0.39, 0.29) is 12.6 Å². The quantitative estimate of drug-likeness (QED) is 0.903. The maximum atomic E-state index is 12.7. The molecule has 106 valence electrons. The molecule has 2 fully saturated rings. The van der Waals surface area contributed by atoms with Crippen LogP contribution in [0.2, 0.25) is 0 Å². The highest BCUT2D eigenvalue weighted by Gasteiger charge is 2.44. The van der Waals surface area contributed by atoms with Gasteiger partial charge in [0.2, 0.25) is 10.0 Å². The van der Waals surface area contributed by atoms with Gasteiger partial charge < -0.3 is 9.67 Å². The number of sulfonamides is 1. The monoisotopic (exact) mass is 284 g/mol. The number of fused-ring (bicyclic) bond motifs is 2. The van der Waals surface area contributed by atoms with E-state index in [2.05, 4.69) is 0 Å². The highest BCUT2D eigenvalue weighted by Crippen LogP contribution is 2.40. The van der Waals surface area contributed by atoms with E-state index in [1.165, 1.54) is 0 Å². The predicted molar refractivity (Wildman–Crippen MR) is 71.0 cm³/mol. The average Bonchev–Trinajstić information content (AvgIpc) is 3.12. The summed E-state index contributed by atoms with van der Waals surface area (Å²) in [5, 5.41) is 9.27. The van der Waals surface area contributed by atoms with Gasteiger partial charge in [0.15, 0.2) is 0 Å². The van der Waals surface area contributed by atoms with E-state index in [0.29, 0.717) is 29.6 Å². The van der Waals surface area contributed by atoms with Crippen molar-refractivity contribution in [3.8, 4) is 0 Å². The van der Waals surface area contributed by atoms with Crippen molar-refractivity contribution in [3.05, 3.63) is 18.0 Å². The van der Waals surface area contributed by atoms with E-state index < -0.39 is 10.0 Å². The maximum absolute atomic E-state index is 12.7. The lowest BCUT2D eigenvalue weighted by Gasteiger charge is -2.25. The van der Waals surface area contributed by atoms with Crippen molar-refractivity contribution < 1.29 is 13.5 Å². The van der Waals surface area contributed by atoms with Crippen molar-refractivity contribution in [2.24, 2.45) is 5.92 Å². The first-order valence-corrected chi connectivity index (χ1v) is 8.32. The van der Waals surface area contributed by atoms with Crippen molar-refractivity contribution >= 4 is 10.0 Å². The Balaban J connectivity index is 1.94. The third-order valence-corrected chi connectivity index (χ3v) is 6.31. The summed E-state index contributed by atoms with van der Waals surface area (Å²) in [6, 6.07) is 1.79. The molecule has 1 saturated heterocycles. The Morgan fingerprint density at radius 3 is 2.68 bits per heavy atom. The number of rotatable bonds is 4. The number of aliphatic hydroxyl groups excluding tert-OH is 1. The third-order valence-electron chi connectivity index (χ3n) is 4.43. The Morgan fingerprint density at radius 1 is 1.42 bits per heavy atom. The van der Waals surface area contributed by atoms with Gasteiger partial charge >= 0.3 is 0 Å². The smallest absolute Gasteiger partial charge is 0.244 e. The van der Waals surface area contributed by atoms with Crippen LogP contribution in [0.5, 0.6) is 0 Å². The van der Waals surface area contributed by atoms with Gasteiger partial charge in [0.25, 0.3) is 0 Å². The molecule has 1 aromatic heterocycles. The number of aromatic nitrogens is 1. The topological polar surface area (TPSA) is 62.5 Å². The molecule has 2 aliphatic rings. The molecule has 19 heavy (non-hydrogen) atoms. The maximum Gasteiger partial charge on any atom is 0.244 e. The Bertz CT molecular complexity index is 557. The van der Waals surface area contributed by atoms with Gasteiger partial charge in [0.1, 0.15) is 4.90 Å². The Labute approximate surface area is 113 Å². The van der Waals surface area contributed by atoms with Crippen LogP contribution in [0.15, 0.2) is 17.2 Å². The molecule has 2 atom stereocenters. The zero-order valence-corrected chi connectivity index (χ0v) is 11.9. The molecule has 1 aromatic rings. The molecule has 1 N–H and O–H groups in total. The molecule has 6 heteroatoms. The van der Waals surface area contributed by atoms with Crippen LogP contribution in [0.1, 0.15) is 31.9 Å². The molecule has 0 spiro atoms. The molecular weight excluding hydrogens is 264 g/mol. The van der Waals surface area contributed by atoms with Gasteiger partial charge in [-0.25, -0.2) is 8.42 Å². The van der Waals surface area contributed by atoms with Crippen molar-refractivity contribution in [1.29, 1.82) is 0 Å². The molecule has 1 saturated carbocycles. The zero-order chi connectivity index (χ0) is 13.6. The van der Waals surface area contributed by atoms with Crippen LogP contribution >= 0.6 is 0 Å². The fourth-order valence-electron chi connectivity index (χ4n) is 3.40. The lowest BCUT2D eigenvalue weighted by atomic mass is 10.1. The van der Waals surface area contributed by atoms with Crippen LogP contribution in [0, 0.1) is 5.92 Å². The molecule has 3 rings (SSSR count). The summed E-state index contributed by atoms with van der Waals surface area (Å²) in [5.74, 6) is 0.547. The number of aliphatic hydroxyl groups is 1. The number of nitrogens with zero attached hydrogens (tertiary/aromatic N) is 2. The van der Waals surface area contributed by atoms with E-state index >= 15 is 0 Å². The minimum atomic E-state index is -3.39. The van der Waals surface area contributed by atoms with Crippen molar-refractivity contribution in [3.63, 3.8) is 0 Å². The minimum Gasteiger partial charge on any atom is -0.390 e. The highest BCUT2D eigenvalue weighted by atomic mass is 32.2. The van der Waals surface area contributed by atoms with Gasteiger partial charge in [-0.05, 0) is 38.2 Å². The van der Waals surface area contributed by atoms with Crippen molar-refractivity contribution in [1.82, 2.24) is 8.87 Å². The molecule has 2 unspecified atom stereocenters. The number of aryl methyl sites for hydroxylation is 1. The first kappa shape index (κ1) is 13.1. The summed E-state index contributed by atoms with van der Waals surface area (Å²) < 4.78 is 28.8. The number of hydrogen-bond donors (Lipinski definition) is 1. The van der Waals surface area contributed by atoms with Gasteiger partial charge in [-0.3, -0.25) is 0 Å². The van der Waals surface area contributed by atoms with Crippen LogP contribution in [-0.4, -0.2) is 35.0 Å². The van der Waals surface area contributed by atoms with Crippen molar-refractivity contribution in [2.45, 2.75) is 50.3 Å². The second-order valence-electron chi connectivity index (χ2n) is 5.52. The first-order chi connectivity index (χ1) is 9.06. The number of piperidine rings is 1. The Morgan fingerprint density at radius 2 is 2.21 bits per heavy atom. The average molecular weight is 284 g/mol. The van der Waals surface area contributed by atoms with E-state index in [9.17, 15) is 13.5 Å². The van der Waals surface area contributed by atoms with Crippen LogP contribution in [0.25, 0.3) is 0 Å². The molecule has 2 heterocycles. The molecular formula is C13H20N2O3S. The first-order valence-electron chi connectivity index (χ1n) is 6.88. The Hall–Kier alpha value is -0.850. The molecule has 0 aromatic carbocycles. The summed E-state index contributed by atoms with van der Waals surface area (Å²) in [5.41, 5.74) is 0.658. The minimum absolute atomic E-state index is 0.130. The lowest BCUT2D eigenvalue weighted by molar-refractivity contribution is 0.271. The van der Waals surface area contributed by atoms with Gasteiger partial charge in [-0.1, -0.05) is 0 Å². The normalized spacial score (nSPS) is 27.3. The summed E-state index contributed by atoms with van der Waals surface area (Å²) >= 11 is 0. The lowest BCUT2D eigenvalue weighted by Crippen LogP contribution is -2.37. The molecule has 0 amide bonds. The van der Waals surface area contributed by atoms with Gasteiger partial charge in [-0.15, -0.1) is 0 Å². The summed E-state index contributed by atoms with van der Waals surface area (Å²) in [6.07, 6.45) is 4.81. The molecule has 5 nitrogen and oxygen atoms in total. The van der Waals surface area contributed by atoms with Crippen LogP contribution in [-0.2, 0) is 23.2 Å². The van der Waals surface area contributed by atoms with Crippen LogP contribution < -0.4 is 0 Å². The zero-order valence-electron chi connectivity index (χ0n) is 11.1. The number of hydrogen-bond acceptors (Lipinski definition) is 3. The van der Waals surface area contributed by atoms with Crippen LogP contribution in [0.4, 0.5) is 0 Å². The van der Waals surface area contributed by atoms with Gasteiger partial charge in [0, 0.05) is 31.0 Å². The fourth-order valence-corrected chi connectivity index (χ4v) is 5.21. The largest absolute Gasteiger partial charge is 0.390 e. The Kier molecular flexibility index (Phi) is 3.19. The summed E-state index contributed by atoms with van der Waals surface area (Å²) in [4.78, 5) is 0.325. The second kappa shape index (κ2) is 4.61. The van der Waals surface area contributed by atoms with Gasteiger partial charge in [0.05, 0.1) is 6.61 Å². The summed E-state index contributed by atoms with van der Waals surface area (Å²) in [7, 11) is -3.39.